The molecule has 1 amide bonds. The van der Waals surface area contributed by atoms with Crippen LogP contribution in [0.15, 0.2) is 59.5 Å². The monoisotopic (exact) mass is 462 g/mol. The third-order valence-electron chi connectivity index (χ3n) is 5.16. The predicted octanol–water partition coefficient (Wildman–Crippen LogP) is 3.68. The van der Waals surface area contributed by atoms with E-state index in [1.807, 2.05) is 25.1 Å². The molecule has 3 rings (SSSR count). The Morgan fingerprint density at radius 3 is 2.42 bits per heavy atom. The summed E-state index contributed by atoms with van der Waals surface area (Å²) in [6.07, 6.45) is 2.91. The van der Waals surface area contributed by atoms with Gasteiger partial charge in [-0.3, -0.25) is 4.79 Å². The van der Waals surface area contributed by atoms with E-state index in [1.54, 1.807) is 40.3 Å². The van der Waals surface area contributed by atoms with Gasteiger partial charge in [0.05, 0.1) is 16.7 Å². The summed E-state index contributed by atoms with van der Waals surface area (Å²) in [5, 5.41) is 2.73. The minimum Gasteiger partial charge on any atom is -0.492 e. The lowest BCUT2D eigenvalue weighted by atomic mass is 10.2. The van der Waals surface area contributed by atoms with E-state index in [0.717, 1.165) is 25.0 Å². The lowest BCUT2D eigenvalue weighted by Crippen LogP contribution is -2.35. The molecule has 1 atom stereocenters. The molecule has 31 heavy (non-hydrogen) atoms. The van der Waals surface area contributed by atoms with E-state index in [0.29, 0.717) is 36.9 Å². The first kappa shape index (κ1) is 23.6. The maximum absolute atomic E-state index is 12.7. The predicted molar refractivity (Wildman–Crippen MR) is 125 cm³/mol. The van der Waals surface area contributed by atoms with Crippen LogP contribution >= 0.6 is 11.8 Å². The number of benzene rings is 2. The van der Waals surface area contributed by atoms with Gasteiger partial charge in [0.1, 0.15) is 12.4 Å². The molecule has 0 spiro atoms. The van der Waals surface area contributed by atoms with E-state index in [1.165, 1.54) is 5.56 Å². The first-order chi connectivity index (χ1) is 15.0. The molecule has 1 N–H and O–H groups in total. The number of hydrogen-bond acceptors (Lipinski definition) is 5. The van der Waals surface area contributed by atoms with Crippen LogP contribution in [0.25, 0.3) is 0 Å². The van der Waals surface area contributed by atoms with Gasteiger partial charge in [-0.15, -0.1) is 11.8 Å². The van der Waals surface area contributed by atoms with Gasteiger partial charge in [0.15, 0.2) is 0 Å². The number of ether oxygens (including phenoxy) is 1. The smallest absolute Gasteiger partial charge is 0.243 e. The fourth-order valence-electron chi connectivity index (χ4n) is 3.32. The molecular weight excluding hydrogens is 432 g/mol. The Labute approximate surface area is 189 Å². The van der Waals surface area contributed by atoms with Crippen LogP contribution in [-0.4, -0.2) is 50.1 Å². The quantitative estimate of drug-likeness (QED) is 0.545. The molecule has 1 aliphatic heterocycles. The van der Waals surface area contributed by atoms with Crippen LogP contribution in [0.4, 0.5) is 0 Å². The highest BCUT2D eigenvalue weighted by Crippen LogP contribution is 2.22. The molecule has 1 fully saturated rings. The molecule has 0 saturated carbocycles. The van der Waals surface area contributed by atoms with Gasteiger partial charge in [-0.1, -0.05) is 36.8 Å². The van der Waals surface area contributed by atoms with Crippen LogP contribution in [0.3, 0.4) is 0 Å². The zero-order valence-electron chi connectivity index (χ0n) is 17.8. The van der Waals surface area contributed by atoms with Gasteiger partial charge < -0.3 is 10.1 Å². The minimum absolute atomic E-state index is 0.0208. The van der Waals surface area contributed by atoms with Crippen LogP contribution in [0.1, 0.15) is 31.7 Å². The normalized spacial score (nSPS) is 15.9. The number of hydrogen-bond donors (Lipinski definition) is 1. The first-order valence-corrected chi connectivity index (χ1v) is 13.1. The summed E-state index contributed by atoms with van der Waals surface area (Å²) in [6, 6.07) is 16.6. The molecule has 0 radical (unpaired) electrons. The largest absolute Gasteiger partial charge is 0.492 e. The zero-order valence-corrected chi connectivity index (χ0v) is 19.5. The molecule has 0 bridgehead atoms. The Morgan fingerprint density at radius 2 is 1.74 bits per heavy atom. The molecule has 1 heterocycles. The Bertz CT molecular complexity index is 928. The van der Waals surface area contributed by atoms with E-state index in [4.69, 9.17) is 4.74 Å². The first-order valence-electron chi connectivity index (χ1n) is 10.6. The third-order valence-corrected chi connectivity index (χ3v) is 8.29. The van der Waals surface area contributed by atoms with Crippen molar-refractivity contribution in [3.8, 4) is 5.75 Å². The summed E-state index contributed by atoms with van der Waals surface area (Å²) in [4.78, 5) is 12.5. The van der Waals surface area contributed by atoms with E-state index in [2.05, 4.69) is 17.4 Å². The molecule has 1 saturated heterocycles. The Kier molecular flexibility index (Phi) is 8.80. The number of carbonyl (C=O) groups excluding carboxylic acids is 1. The Balaban J connectivity index is 1.39. The zero-order chi connectivity index (χ0) is 22.1. The summed E-state index contributed by atoms with van der Waals surface area (Å²) in [5.74, 6) is 1.35. The number of nitrogens with zero attached hydrogens (tertiary/aromatic N) is 1. The van der Waals surface area contributed by atoms with Gasteiger partial charge in [0.25, 0.3) is 0 Å². The SMILES string of the molecule is CC(SCc1ccccc1)C(=O)NCCOc1ccc(S(=O)(=O)N2CCCCC2)cc1. The Morgan fingerprint density at radius 1 is 1.06 bits per heavy atom. The number of carbonyl (C=O) groups is 1. The summed E-state index contributed by atoms with van der Waals surface area (Å²) >= 11 is 1.59. The average Bonchev–Trinajstić information content (AvgIpc) is 2.81. The summed E-state index contributed by atoms with van der Waals surface area (Å²) in [7, 11) is -3.43. The fourth-order valence-corrected chi connectivity index (χ4v) is 5.71. The molecule has 8 heteroatoms. The minimum atomic E-state index is -3.43. The van der Waals surface area contributed by atoms with Crippen molar-refractivity contribution in [1.82, 2.24) is 9.62 Å². The van der Waals surface area contributed by atoms with E-state index in [-0.39, 0.29) is 11.2 Å². The summed E-state index contributed by atoms with van der Waals surface area (Å²) in [5.41, 5.74) is 1.20. The number of amides is 1. The van der Waals surface area contributed by atoms with Crippen molar-refractivity contribution < 1.29 is 17.9 Å². The summed E-state index contributed by atoms with van der Waals surface area (Å²) < 4.78 is 32.6. The topological polar surface area (TPSA) is 75.7 Å². The van der Waals surface area contributed by atoms with Gasteiger partial charge in [0, 0.05) is 18.8 Å². The molecule has 1 aliphatic rings. The number of piperidine rings is 1. The van der Waals surface area contributed by atoms with Crippen LogP contribution < -0.4 is 10.1 Å². The van der Waals surface area contributed by atoms with Crippen molar-refractivity contribution in [3.63, 3.8) is 0 Å². The molecule has 6 nitrogen and oxygen atoms in total. The maximum Gasteiger partial charge on any atom is 0.243 e. The number of sulfonamides is 1. The second-order valence-electron chi connectivity index (χ2n) is 7.51. The fraction of sp³-hybridized carbons (Fsp3) is 0.435. The van der Waals surface area contributed by atoms with Crippen molar-refractivity contribution in [2.45, 2.75) is 42.1 Å². The number of nitrogens with one attached hydrogen (secondary N) is 1. The lowest BCUT2D eigenvalue weighted by Gasteiger charge is -2.25. The highest BCUT2D eigenvalue weighted by Gasteiger charge is 2.25. The molecule has 0 aromatic heterocycles. The molecule has 168 valence electrons. The Hall–Kier alpha value is -2.03. The molecular formula is C23H30N2O4S2. The van der Waals surface area contributed by atoms with Crippen LogP contribution in [-0.2, 0) is 20.6 Å². The molecule has 1 unspecified atom stereocenters. The standard InChI is InChI=1S/C23H30N2O4S2/c1-19(30-18-20-8-4-2-5-9-20)23(26)24-14-17-29-21-10-12-22(13-11-21)31(27,28)25-15-6-3-7-16-25/h2,4-5,8-13,19H,3,6-7,14-18H2,1H3,(H,24,26). The van der Waals surface area contributed by atoms with Gasteiger partial charge >= 0.3 is 0 Å². The molecule has 0 aliphatic carbocycles. The van der Waals surface area contributed by atoms with Crippen molar-refractivity contribution in [3.05, 3.63) is 60.2 Å². The molecule has 2 aromatic carbocycles. The van der Waals surface area contributed by atoms with Crippen LogP contribution in [0, 0.1) is 0 Å². The van der Waals surface area contributed by atoms with E-state index >= 15 is 0 Å². The second kappa shape index (κ2) is 11.5. The highest BCUT2D eigenvalue weighted by atomic mass is 32.2. The second-order valence-corrected chi connectivity index (χ2v) is 10.8. The number of thioether (sulfide) groups is 1. The van der Waals surface area contributed by atoms with Gasteiger partial charge in [-0.2, -0.15) is 4.31 Å². The van der Waals surface area contributed by atoms with E-state index < -0.39 is 10.0 Å². The van der Waals surface area contributed by atoms with Crippen LogP contribution in [0.5, 0.6) is 5.75 Å². The third kappa shape index (κ3) is 6.98. The van der Waals surface area contributed by atoms with Crippen molar-refractivity contribution in [2.24, 2.45) is 0 Å². The molecule has 2 aromatic rings. The van der Waals surface area contributed by atoms with Crippen molar-refractivity contribution >= 4 is 27.7 Å². The van der Waals surface area contributed by atoms with E-state index in [9.17, 15) is 13.2 Å². The van der Waals surface area contributed by atoms with Crippen molar-refractivity contribution in [2.75, 3.05) is 26.2 Å². The average molecular weight is 463 g/mol. The summed E-state index contributed by atoms with van der Waals surface area (Å²) in [6.45, 7) is 3.78. The van der Waals surface area contributed by atoms with Gasteiger partial charge in [-0.05, 0) is 49.6 Å². The van der Waals surface area contributed by atoms with Gasteiger partial charge in [0.2, 0.25) is 15.9 Å². The van der Waals surface area contributed by atoms with Crippen molar-refractivity contribution in [1.29, 1.82) is 0 Å². The number of rotatable bonds is 10. The highest BCUT2D eigenvalue weighted by molar-refractivity contribution is 7.99. The maximum atomic E-state index is 12.7. The van der Waals surface area contributed by atoms with Gasteiger partial charge in [-0.25, -0.2) is 8.42 Å². The van der Waals surface area contributed by atoms with Crippen LogP contribution in [0.2, 0.25) is 0 Å². The lowest BCUT2D eigenvalue weighted by molar-refractivity contribution is -0.120.